The second-order valence-corrected chi connectivity index (χ2v) is 18.7. The Kier molecular flexibility index (Phi) is 10.4. The minimum Gasteiger partial charge on any atom is -0.364 e. The van der Waals surface area contributed by atoms with E-state index in [1.54, 1.807) is 11.1 Å². The van der Waals surface area contributed by atoms with Gasteiger partial charge in [-0.15, -0.1) is 0 Å². The van der Waals surface area contributed by atoms with E-state index in [0.29, 0.717) is 54.0 Å². The molecule has 61 heavy (non-hydrogen) atoms. The third-order valence-electron chi connectivity index (χ3n) is 15.0. The van der Waals surface area contributed by atoms with Crippen LogP contribution in [-0.4, -0.2) is 112 Å². The van der Waals surface area contributed by atoms with Crippen LogP contribution in [0.25, 0.3) is 11.0 Å². The van der Waals surface area contributed by atoms with Crippen LogP contribution in [0.5, 0.6) is 0 Å². The van der Waals surface area contributed by atoms with E-state index in [0.717, 1.165) is 81.6 Å². The van der Waals surface area contributed by atoms with Crippen molar-refractivity contribution in [2.24, 2.45) is 17.1 Å². The van der Waals surface area contributed by atoms with Crippen molar-refractivity contribution in [2.45, 2.75) is 94.9 Å². The number of carbonyl (C=O) groups is 4. The molecule has 2 aromatic carbocycles. The largest absolute Gasteiger partial charge is 0.364 e. The number of amides is 5. The van der Waals surface area contributed by atoms with Crippen molar-refractivity contribution in [1.82, 2.24) is 35.1 Å². The molecular formula is C46H56N10O5. The Bertz CT molecular complexity index is 2350. The van der Waals surface area contributed by atoms with E-state index in [4.69, 9.17) is 15.2 Å². The van der Waals surface area contributed by atoms with E-state index in [9.17, 15) is 19.2 Å². The Morgan fingerprint density at radius 1 is 0.951 bits per heavy atom. The molecule has 1 spiro atoms. The maximum absolute atomic E-state index is 12.7. The van der Waals surface area contributed by atoms with E-state index in [1.165, 1.54) is 55.2 Å². The minimum absolute atomic E-state index is 0.0758. The Morgan fingerprint density at radius 3 is 2.49 bits per heavy atom. The second-order valence-electron chi connectivity index (χ2n) is 18.7. The van der Waals surface area contributed by atoms with Crippen LogP contribution in [-0.2, 0) is 22.4 Å². The average molecular weight is 829 g/mol. The number of likely N-dealkylation sites (tertiary alicyclic amines) is 1. The van der Waals surface area contributed by atoms with Gasteiger partial charge in [0.05, 0.1) is 18.2 Å². The summed E-state index contributed by atoms with van der Waals surface area (Å²) in [4.78, 5) is 67.3. The highest BCUT2D eigenvalue weighted by Gasteiger charge is 2.40. The van der Waals surface area contributed by atoms with Gasteiger partial charge in [-0.05, 0) is 130 Å². The molecule has 320 valence electrons. The SMILES string of the molecule is CN1CCN([C@@H]2CCCN(c3cnc(C(N)=O)c(Nc4ccc(C5CCC6(CC5)CCN(C[C@@H]5Cc7ccc8c(C9CCC(=O)NC9=O)noc8c7C5)CC6)cc4)n3)C2)C1=O. The number of hydrogen-bond donors (Lipinski definition) is 3. The molecule has 4 aromatic rings. The molecule has 3 atom stereocenters. The lowest BCUT2D eigenvalue weighted by Crippen LogP contribution is -2.49. The number of imide groups is 1. The van der Waals surface area contributed by atoms with Crippen molar-refractivity contribution in [3.05, 3.63) is 70.7 Å². The zero-order chi connectivity index (χ0) is 41.8. The molecule has 5 amide bonds. The Hall–Kier alpha value is -5.57. The monoisotopic (exact) mass is 828 g/mol. The zero-order valence-electron chi connectivity index (χ0n) is 35.0. The molecule has 2 aliphatic carbocycles. The number of aromatic nitrogens is 3. The smallest absolute Gasteiger partial charge is 0.320 e. The molecule has 15 heteroatoms. The van der Waals surface area contributed by atoms with Gasteiger partial charge in [0, 0.05) is 62.8 Å². The molecule has 1 saturated carbocycles. The van der Waals surface area contributed by atoms with Gasteiger partial charge < -0.3 is 35.2 Å². The first-order valence-corrected chi connectivity index (χ1v) is 22.4. The topological polar surface area (TPSA) is 183 Å². The average Bonchev–Trinajstić information content (AvgIpc) is 3.98. The first-order chi connectivity index (χ1) is 29.6. The lowest BCUT2D eigenvalue weighted by Gasteiger charge is -2.46. The molecule has 15 nitrogen and oxygen atoms in total. The van der Waals surface area contributed by atoms with Crippen LogP contribution in [0, 0.1) is 11.3 Å². The Morgan fingerprint density at radius 2 is 1.75 bits per heavy atom. The number of carbonyl (C=O) groups excluding carboxylic acids is 4. The fourth-order valence-electron chi connectivity index (χ4n) is 11.4. The Balaban J connectivity index is 0.716. The fourth-order valence-corrected chi connectivity index (χ4v) is 11.4. The third kappa shape index (κ3) is 7.70. The number of nitrogens with one attached hydrogen (secondary N) is 2. The lowest BCUT2D eigenvalue weighted by atomic mass is 9.64. The van der Waals surface area contributed by atoms with Crippen molar-refractivity contribution >= 4 is 52.0 Å². The van der Waals surface area contributed by atoms with Gasteiger partial charge in [-0.1, -0.05) is 23.4 Å². The maximum Gasteiger partial charge on any atom is 0.320 e. The number of nitrogens with two attached hydrogens (primary N) is 1. The van der Waals surface area contributed by atoms with Gasteiger partial charge in [0.1, 0.15) is 11.5 Å². The summed E-state index contributed by atoms with van der Waals surface area (Å²) in [6.45, 7) is 6.30. The predicted octanol–water partition coefficient (Wildman–Crippen LogP) is 5.47. The quantitative estimate of drug-likeness (QED) is 0.182. The van der Waals surface area contributed by atoms with Crippen LogP contribution in [0.2, 0.25) is 0 Å². The Labute approximate surface area is 355 Å². The molecule has 0 bridgehead atoms. The lowest BCUT2D eigenvalue weighted by molar-refractivity contribution is -0.134. The van der Waals surface area contributed by atoms with Gasteiger partial charge in [0.25, 0.3) is 5.91 Å². The first-order valence-electron chi connectivity index (χ1n) is 22.4. The number of rotatable bonds is 9. The van der Waals surface area contributed by atoms with Crippen LogP contribution in [0.4, 0.5) is 22.1 Å². The molecule has 4 saturated heterocycles. The van der Waals surface area contributed by atoms with Crippen molar-refractivity contribution in [2.75, 3.05) is 63.1 Å². The highest BCUT2D eigenvalue weighted by atomic mass is 16.5. The molecule has 4 N–H and O–H groups in total. The van der Waals surface area contributed by atoms with E-state index in [1.807, 2.05) is 11.9 Å². The number of nitrogens with zero attached hydrogens (tertiary/aromatic N) is 7. The minimum atomic E-state index is -0.636. The van der Waals surface area contributed by atoms with Crippen molar-refractivity contribution in [1.29, 1.82) is 0 Å². The van der Waals surface area contributed by atoms with Crippen LogP contribution in [0.15, 0.2) is 47.1 Å². The number of benzene rings is 2. The van der Waals surface area contributed by atoms with Crippen LogP contribution < -0.4 is 21.3 Å². The molecular weight excluding hydrogens is 773 g/mol. The highest BCUT2D eigenvalue weighted by Crippen LogP contribution is 2.49. The molecule has 10 rings (SSSR count). The molecule has 2 aromatic heterocycles. The molecule has 1 unspecified atom stereocenters. The summed E-state index contributed by atoms with van der Waals surface area (Å²) in [6.07, 6.45) is 13.7. The molecule has 5 fully saturated rings. The standard InChI is InChI=1S/C46H56N10O5/c1-53-21-22-56(45(53)60)33-3-2-18-55(27-33)37-25-48-40(42(47)58)43(50-37)49-32-7-4-29(5-8-32)30-12-14-46(15-13-30)16-19-54(20-17-46)26-28-23-31-6-9-34-39(52-61-41(34)36(31)24-28)35-10-11-38(57)51-44(35)59/h4-9,25,28,30,33,35H,2-3,10-24,26-27H2,1H3,(H2,47,58)(H,49,50)(H,51,57,59)/t28-,33-,35?/m1/s1. The predicted molar refractivity (Wildman–Crippen MR) is 230 cm³/mol. The van der Waals surface area contributed by atoms with E-state index in [2.05, 4.69) is 67.0 Å². The van der Waals surface area contributed by atoms with Gasteiger partial charge in [0.15, 0.2) is 17.1 Å². The number of urea groups is 1. The van der Waals surface area contributed by atoms with Crippen LogP contribution >= 0.6 is 0 Å². The van der Waals surface area contributed by atoms with Crippen molar-refractivity contribution < 1.29 is 23.7 Å². The number of likely N-dealkylation sites (N-methyl/N-ethyl adjacent to an activating group) is 1. The van der Waals surface area contributed by atoms with E-state index < -0.39 is 11.8 Å². The number of primary amides is 1. The van der Waals surface area contributed by atoms with Crippen molar-refractivity contribution in [3.63, 3.8) is 0 Å². The summed E-state index contributed by atoms with van der Waals surface area (Å²) in [5.74, 6) is 0.469. The summed E-state index contributed by atoms with van der Waals surface area (Å²) in [5, 5.41) is 11.1. The number of hydrogen-bond acceptors (Lipinski definition) is 11. The maximum atomic E-state index is 12.7. The highest BCUT2D eigenvalue weighted by molar-refractivity contribution is 6.02. The zero-order valence-corrected chi connectivity index (χ0v) is 35.0. The van der Waals surface area contributed by atoms with E-state index >= 15 is 0 Å². The van der Waals surface area contributed by atoms with Gasteiger partial charge in [-0.2, -0.15) is 0 Å². The normalized spacial score (nSPS) is 24.8. The van der Waals surface area contributed by atoms with Gasteiger partial charge >= 0.3 is 6.03 Å². The summed E-state index contributed by atoms with van der Waals surface area (Å²) in [6, 6.07) is 13.0. The van der Waals surface area contributed by atoms with Crippen LogP contribution in [0.3, 0.4) is 0 Å². The molecule has 6 heterocycles. The summed E-state index contributed by atoms with van der Waals surface area (Å²) in [5.41, 5.74) is 12.5. The van der Waals surface area contributed by atoms with Gasteiger partial charge in [-0.25, -0.2) is 14.8 Å². The third-order valence-corrected chi connectivity index (χ3v) is 15.0. The molecule has 0 radical (unpaired) electrons. The molecule has 6 aliphatic rings. The number of fused-ring (bicyclic) bond motifs is 3. The van der Waals surface area contributed by atoms with Crippen LogP contribution in [0.1, 0.15) is 109 Å². The van der Waals surface area contributed by atoms with Crippen molar-refractivity contribution in [3.8, 4) is 0 Å². The number of anilines is 3. The van der Waals surface area contributed by atoms with Gasteiger partial charge in [-0.3, -0.25) is 19.7 Å². The summed E-state index contributed by atoms with van der Waals surface area (Å²) < 4.78 is 5.90. The summed E-state index contributed by atoms with van der Waals surface area (Å²) in [7, 11) is 1.84. The fraction of sp³-hybridized carbons (Fsp3) is 0.543. The van der Waals surface area contributed by atoms with Gasteiger partial charge in [0.2, 0.25) is 11.8 Å². The first kappa shape index (κ1) is 39.6. The van der Waals surface area contributed by atoms with E-state index in [-0.39, 0.29) is 29.6 Å². The molecule has 4 aliphatic heterocycles. The second kappa shape index (κ2) is 16.0. The summed E-state index contributed by atoms with van der Waals surface area (Å²) >= 11 is 0. The number of piperidine rings is 3.